The van der Waals surface area contributed by atoms with Crippen LogP contribution in [-0.4, -0.2) is 40.3 Å². The van der Waals surface area contributed by atoms with Gasteiger partial charge in [0.25, 0.3) is 0 Å². The van der Waals surface area contributed by atoms with Crippen LogP contribution in [-0.2, 0) is 4.79 Å². The van der Waals surface area contributed by atoms with E-state index in [1.165, 1.54) is 11.3 Å². The Morgan fingerprint density at radius 3 is 2.69 bits per heavy atom. The van der Waals surface area contributed by atoms with Gasteiger partial charge in [-0.2, -0.15) is 11.3 Å². The minimum Gasteiger partial charge on any atom is -0.480 e. The van der Waals surface area contributed by atoms with E-state index >= 15 is 0 Å². The highest BCUT2D eigenvalue weighted by Gasteiger charge is 2.30. The van der Waals surface area contributed by atoms with Crippen LogP contribution in [0.5, 0.6) is 0 Å². The van der Waals surface area contributed by atoms with Crippen molar-refractivity contribution >= 4 is 17.3 Å². The third kappa shape index (κ3) is 2.42. The number of carbonyl (C=O) groups is 1. The fraction of sp³-hybridized carbons (Fsp3) is 0.545. The van der Waals surface area contributed by atoms with Crippen molar-refractivity contribution in [1.29, 1.82) is 0 Å². The SMILES string of the molecule is O=C(O)C(c1ccsc1)N1CCC(O)CC1. The van der Waals surface area contributed by atoms with Crippen LogP contribution in [0.4, 0.5) is 0 Å². The number of nitrogens with zero attached hydrogens (tertiary/aromatic N) is 1. The van der Waals surface area contributed by atoms with E-state index in [9.17, 15) is 15.0 Å². The quantitative estimate of drug-likeness (QED) is 0.838. The maximum absolute atomic E-state index is 11.3. The molecule has 2 heterocycles. The monoisotopic (exact) mass is 241 g/mol. The van der Waals surface area contributed by atoms with Crippen molar-refractivity contribution < 1.29 is 15.0 Å². The number of aliphatic carboxylic acids is 1. The molecule has 0 bridgehead atoms. The van der Waals surface area contributed by atoms with Gasteiger partial charge in [-0.15, -0.1) is 0 Å². The van der Waals surface area contributed by atoms with Crippen LogP contribution in [0.1, 0.15) is 24.4 Å². The molecule has 1 aromatic rings. The number of rotatable bonds is 3. The molecule has 0 aliphatic carbocycles. The summed E-state index contributed by atoms with van der Waals surface area (Å²) in [5, 5.41) is 22.4. The van der Waals surface area contributed by atoms with E-state index in [0.717, 1.165) is 5.56 Å². The summed E-state index contributed by atoms with van der Waals surface area (Å²) in [6.07, 6.45) is 1.05. The standard InChI is InChI=1S/C11H15NO3S/c13-9-1-4-12(5-2-9)10(11(14)15)8-3-6-16-7-8/h3,6-7,9-10,13H,1-2,4-5H2,(H,14,15). The number of hydrogen-bond acceptors (Lipinski definition) is 4. The minimum absolute atomic E-state index is 0.270. The number of aliphatic hydroxyl groups excluding tert-OH is 1. The van der Waals surface area contributed by atoms with Crippen molar-refractivity contribution in [3.8, 4) is 0 Å². The van der Waals surface area contributed by atoms with E-state index in [1.807, 2.05) is 21.7 Å². The van der Waals surface area contributed by atoms with Gasteiger partial charge in [0.15, 0.2) is 0 Å². The van der Waals surface area contributed by atoms with E-state index in [-0.39, 0.29) is 6.10 Å². The number of carboxylic acid groups (broad SMARTS) is 1. The summed E-state index contributed by atoms with van der Waals surface area (Å²) >= 11 is 1.51. The second kappa shape index (κ2) is 4.95. The van der Waals surface area contributed by atoms with Gasteiger partial charge in [0.05, 0.1) is 6.10 Å². The van der Waals surface area contributed by atoms with Crippen LogP contribution in [0.2, 0.25) is 0 Å². The van der Waals surface area contributed by atoms with Gasteiger partial charge in [0, 0.05) is 13.1 Å². The van der Waals surface area contributed by atoms with Gasteiger partial charge in [0.1, 0.15) is 6.04 Å². The van der Waals surface area contributed by atoms with E-state index < -0.39 is 12.0 Å². The van der Waals surface area contributed by atoms with Gasteiger partial charge in [-0.05, 0) is 35.2 Å². The molecule has 2 N–H and O–H groups in total. The van der Waals surface area contributed by atoms with Crippen LogP contribution in [0.15, 0.2) is 16.8 Å². The average Bonchev–Trinajstić information content (AvgIpc) is 2.74. The lowest BCUT2D eigenvalue weighted by Gasteiger charge is -2.33. The van der Waals surface area contributed by atoms with Crippen LogP contribution < -0.4 is 0 Å². The molecule has 1 saturated heterocycles. The first-order valence-electron chi connectivity index (χ1n) is 5.35. The first-order chi connectivity index (χ1) is 7.68. The average molecular weight is 241 g/mol. The molecule has 0 saturated carbocycles. The molecule has 1 atom stereocenters. The molecule has 5 heteroatoms. The largest absolute Gasteiger partial charge is 0.480 e. The Morgan fingerprint density at radius 1 is 1.50 bits per heavy atom. The molecule has 1 fully saturated rings. The molecule has 1 aliphatic heterocycles. The van der Waals surface area contributed by atoms with Gasteiger partial charge in [-0.25, -0.2) is 0 Å². The van der Waals surface area contributed by atoms with Crippen molar-refractivity contribution in [3.05, 3.63) is 22.4 Å². The predicted octanol–water partition coefficient (Wildman–Crippen LogP) is 1.33. The molecular formula is C11H15NO3S. The van der Waals surface area contributed by atoms with Gasteiger partial charge in [0.2, 0.25) is 0 Å². The van der Waals surface area contributed by atoms with Crippen molar-refractivity contribution in [1.82, 2.24) is 4.90 Å². The zero-order valence-electron chi connectivity index (χ0n) is 8.87. The summed E-state index contributed by atoms with van der Waals surface area (Å²) in [6.45, 7) is 1.29. The third-order valence-corrected chi connectivity index (χ3v) is 3.66. The minimum atomic E-state index is -0.810. The molecule has 16 heavy (non-hydrogen) atoms. The van der Waals surface area contributed by atoms with Crippen LogP contribution in [0.3, 0.4) is 0 Å². The van der Waals surface area contributed by atoms with Crippen molar-refractivity contribution in [2.45, 2.75) is 25.0 Å². The van der Waals surface area contributed by atoms with Crippen molar-refractivity contribution in [2.75, 3.05) is 13.1 Å². The maximum Gasteiger partial charge on any atom is 0.325 e. The first-order valence-corrected chi connectivity index (χ1v) is 6.30. The molecule has 0 spiro atoms. The van der Waals surface area contributed by atoms with Gasteiger partial charge < -0.3 is 10.2 Å². The van der Waals surface area contributed by atoms with E-state index in [2.05, 4.69) is 0 Å². The Bertz CT molecular complexity index is 344. The highest BCUT2D eigenvalue weighted by molar-refractivity contribution is 7.08. The molecule has 4 nitrogen and oxygen atoms in total. The van der Waals surface area contributed by atoms with E-state index in [0.29, 0.717) is 25.9 Å². The Kier molecular flexibility index (Phi) is 3.58. The Labute approximate surface area is 98.1 Å². The molecule has 1 aliphatic rings. The normalized spacial score (nSPS) is 20.8. The molecule has 0 amide bonds. The maximum atomic E-state index is 11.3. The Balaban J connectivity index is 2.11. The summed E-state index contributed by atoms with van der Waals surface area (Å²) in [4.78, 5) is 13.2. The molecule has 2 rings (SSSR count). The zero-order valence-corrected chi connectivity index (χ0v) is 9.69. The lowest BCUT2D eigenvalue weighted by atomic mass is 10.0. The molecule has 1 aromatic heterocycles. The Morgan fingerprint density at radius 2 is 2.19 bits per heavy atom. The van der Waals surface area contributed by atoms with Crippen LogP contribution in [0, 0.1) is 0 Å². The number of likely N-dealkylation sites (tertiary alicyclic amines) is 1. The fourth-order valence-corrected chi connectivity index (χ4v) is 2.76. The summed E-state index contributed by atoms with van der Waals surface area (Å²) in [6, 6.07) is 1.30. The summed E-state index contributed by atoms with van der Waals surface area (Å²) < 4.78 is 0. The molecule has 88 valence electrons. The number of piperidine rings is 1. The summed E-state index contributed by atoms with van der Waals surface area (Å²) in [7, 11) is 0. The second-order valence-electron chi connectivity index (χ2n) is 4.06. The number of hydrogen-bond donors (Lipinski definition) is 2. The van der Waals surface area contributed by atoms with Crippen LogP contribution in [0.25, 0.3) is 0 Å². The van der Waals surface area contributed by atoms with Gasteiger partial charge >= 0.3 is 5.97 Å². The third-order valence-electron chi connectivity index (χ3n) is 2.96. The lowest BCUT2D eigenvalue weighted by Crippen LogP contribution is -2.41. The number of carboxylic acids is 1. The van der Waals surface area contributed by atoms with Crippen molar-refractivity contribution in [2.24, 2.45) is 0 Å². The molecule has 1 unspecified atom stereocenters. The zero-order chi connectivity index (χ0) is 11.5. The highest BCUT2D eigenvalue weighted by atomic mass is 32.1. The smallest absolute Gasteiger partial charge is 0.325 e. The highest BCUT2D eigenvalue weighted by Crippen LogP contribution is 2.26. The second-order valence-corrected chi connectivity index (χ2v) is 4.84. The molecular weight excluding hydrogens is 226 g/mol. The Hall–Kier alpha value is -0.910. The lowest BCUT2D eigenvalue weighted by molar-refractivity contribution is -0.144. The van der Waals surface area contributed by atoms with Crippen LogP contribution >= 0.6 is 11.3 Å². The van der Waals surface area contributed by atoms with Crippen molar-refractivity contribution in [3.63, 3.8) is 0 Å². The number of thiophene rings is 1. The van der Waals surface area contributed by atoms with E-state index in [4.69, 9.17) is 0 Å². The number of aliphatic hydroxyl groups is 1. The van der Waals surface area contributed by atoms with Gasteiger partial charge in [-0.1, -0.05) is 0 Å². The summed E-state index contributed by atoms with van der Waals surface area (Å²) in [5.41, 5.74) is 0.842. The predicted molar refractivity (Wildman–Crippen MR) is 61.5 cm³/mol. The van der Waals surface area contributed by atoms with E-state index in [1.54, 1.807) is 0 Å². The molecule has 0 radical (unpaired) electrons. The molecule has 0 aromatic carbocycles. The first kappa shape index (κ1) is 11.6. The van der Waals surface area contributed by atoms with Gasteiger partial charge in [-0.3, -0.25) is 9.69 Å². The summed E-state index contributed by atoms with van der Waals surface area (Å²) in [5.74, 6) is -0.810. The topological polar surface area (TPSA) is 60.8 Å². The fourth-order valence-electron chi connectivity index (χ4n) is 2.08.